The molecule has 0 saturated heterocycles. The molecule has 1 aromatic heterocycles. The lowest BCUT2D eigenvalue weighted by Crippen LogP contribution is -2.08. The summed E-state index contributed by atoms with van der Waals surface area (Å²) in [4.78, 5) is 0. The van der Waals surface area contributed by atoms with E-state index in [1.54, 1.807) is 0 Å². The number of aliphatic hydroxyl groups excluding tert-OH is 1. The van der Waals surface area contributed by atoms with Gasteiger partial charge in [-0.15, -0.1) is 6.42 Å². The lowest BCUT2D eigenvalue weighted by Gasteiger charge is -1.98. The van der Waals surface area contributed by atoms with E-state index in [2.05, 4.69) is 35.3 Å². The molecule has 5 heteroatoms. The second-order valence-corrected chi connectivity index (χ2v) is 3.82. The van der Waals surface area contributed by atoms with Gasteiger partial charge >= 0.3 is 0 Å². The molecule has 0 aliphatic heterocycles. The van der Waals surface area contributed by atoms with Crippen LogP contribution in [0.3, 0.4) is 0 Å². The monoisotopic (exact) mass is 242 g/mol. The van der Waals surface area contributed by atoms with Gasteiger partial charge in [0.1, 0.15) is 11.5 Å². The van der Waals surface area contributed by atoms with Gasteiger partial charge in [-0.25, -0.2) is 4.68 Å². The number of fused-ring (bicyclic) bond motifs is 1. The second kappa shape index (κ2) is 4.82. The van der Waals surface area contributed by atoms with E-state index in [1.807, 2.05) is 0 Å². The van der Waals surface area contributed by atoms with Crippen molar-refractivity contribution < 1.29 is 5.11 Å². The summed E-state index contributed by atoms with van der Waals surface area (Å²) in [5.74, 6) is 2.60. The van der Waals surface area contributed by atoms with E-state index in [0.29, 0.717) is 23.7 Å². The third kappa shape index (κ3) is 2.29. The van der Waals surface area contributed by atoms with E-state index < -0.39 is 0 Å². The number of nitrogens with two attached hydrogens (primary N) is 2. The Morgan fingerprint density at radius 1 is 1.33 bits per heavy atom. The van der Waals surface area contributed by atoms with Gasteiger partial charge in [0.2, 0.25) is 0 Å². The molecule has 5 nitrogen and oxygen atoms in total. The van der Waals surface area contributed by atoms with Crippen molar-refractivity contribution >= 4 is 11.5 Å². The minimum absolute atomic E-state index is 0.0463. The summed E-state index contributed by atoms with van der Waals surface area (Å²) in [5, 5.41) is 12.5. The summed E-state index contributed by atoms with van der Waals surface area (Å²) in [6.07, 6.45) is 5.11. The van der Waals surface area contributed by atoms with Gasteiger partial charge < -0.3 is 16.6 Å². The van der Waals surface area contributed by atoms with Crippen molar-refractivity contribution in [3.63, 3.8) is 0 Å². The second-order valence-electron chi connectivity index (χ2n) is 3.82. The molecule has 0 radical (unpaired) electrons. The lowest BCUT2D eigenvalue weighted by atomic mass is 10.4. The van der Waals surface area contributed by atoms with Crippen LogP contribution in [-0.2, 0) is 6.54 Å². The zero-order valence-corrected chi connectivity index (χ0v) is 9.80. The van der Waals surface area contributed by atoms with Gasteiger partial charge in [-0.3, -0.25) is 0 Å². The largest absolute Gasteiger partial charge is 0.394 e. The average molecular weight is 242 g/mol. The molecule has 1 heterocycles. The van der Waals surface area contributed by atoms with Crippen molar-refractivity contribution in [2.24, 2.45) is 0 Å². The first-order valence-electron chi connectivity index (χ1n) is 5.47. The number of nitrogen functional groups attached to an aromatic ring is 2. The Morgan fingerprint density at radius 3 is 2.33 bits per heavy atom. The maximum Gasteiger partial charge on any atom is 0.160 e. The molecule has 0 aromatic carbocycles. The Balaban J connectivity index is 0.000000164. The molecular formula is C13H14N4O. The first-order valence-corrected chi connectivity index (χ1v) is 5.47. The van der Waals surface area contributed by atoms with Crippen LogP contribution in [0.1, 0.15) is 5.69 Å². The molecule has 0 bridgehead atoms. The van der Waals surface area contributed by atoms with E-state index in [4.69, 9.17) is 23.0 Å². The normalized spacial score (nSPS) is 10.2. The molecule has 18 heavy (non-hydrogen) atoms. The highest BCUT2D eigenvalue weighted by atomic mass is 16.3. The zero-order valence-electron chi connectivity index (χ0n) is 9.80. The van der Waals surface area contributed by atoms with Gasteiger partial charge in [0.05, 0.1) is 13.2 Å². The molecule has 0 spiro atoms. The maximum atomic E-state index is 8.61. The number of terminal acetylenes is 1. The topological polar surface area (TPSA) is 90.1 Å². The fourth-order valence-electron chi connectivity index (χ4n) is 1.54. The predicted molar refractivity (Wildman–Crippen MR) is 71.5 cm³/mol. The summed E-state index contributed by atoms with van der Waals surface area (Å²) < 4.78 is 1.38. The van der Waals surface area contributed by atoms with Crippen molar-refractivity contribution in [2.75, 3.05) is 18.1 Å². The number of anilines is 2. The molecule has 5 N–H and O–H groups in total. The number of aromatic nitrogens is 2. The van der Waals surface area contributed by atoms with Crippen molar-refractivity contribution in [1.82, 2.24) is 9.78 Å². The van der Waals surface area contributed by atoms with Gasteiger partial charge in [0.15, 0.2) is 5.69 Å². The van der Waals surface area contributed by atoms with Crippen LogP contribution in [0.2, 0.25) is 0 Å². The Hall–Kier alpha value is -2.45. The van der Waals surface area contributed by atoms with Crippen LogP contribution in [0.15, 0.2) is 24.3 Å². The number of hydrogen-bond donors (Lipinski definition) is 3. The zero-order chi connectivity index (χ0) is 13.1. The summed E-state index contributed by atoms with van der Waals surface area (Å²) in [5.41, 5.74) is 14.5. The highest BCUT2D eigenvalue weighted by Gasteiger charge is 2.09. The van der Waals surface area contributed by atoms with Crippen molar-refractivity contribution in [1.29, 1.82) is 0 Å². The van der Waals surface area contributed by atoms with Crippen LogP contribution in [0.25, 0.3) is 11.1 Å². The van der Waals surface area contributed by atoms with E-state index in [1.165, 1.54) is 15.8 Å². The quantitative estimate of drug-likeness (QED) is 0.577. The van der Waals surface area contributed by atoms with Gasteiger partial charge in [0, 0.05) is 0 Å². The predicted octanol–water partition coefficient (Wildman–Crippen LogP) is 0.688. The van der Waals surface area contributed by atoms with Crippen LogP contribution in [0, 0.1) is 12.3 Å². The van der Waals surface area contributed by atoms with Crippen LogP contribution in [0.4, 0.5) is 11.5 Å². The highest BCUT2D eigenvalue weighted by Crippen LogP contribution is 2.32. The Kier molecular flexibility index (Phi) is 3.22. The third-order valence-corrected chi connectivity index (χ3v) is 2.59. The smallest absolute Gasteiger partial charge is 0.160 e. The minimum Gasteiger partial charge on any atom is -0.394 e. The molecule has 1 aromatic rings. The van der Waals surface area contributed by atoms with E-state index in [0.717, 1.165) is 0 Å². The standard InChI is InChI=1S/C7H10N4O.C6H4/c1-2-5-6(8)7(9)11(10-5)3-4-12;1-2-5-4-6(5)3-1/h1,12H,3-4,8-9H2;1-4H. The molecular weight excluding hydrogens is 228 g/mol. The minimum atomic E-state index is -0.0463. The average Bonchev–Trinajstić information content (AvgIpc) is 2.89. The Morgan fingerprint density at radius 2 is 2.00 bits per heavy atom. The summed E-state index contributed by atoms with van der Waals surface area (Å²) in [6.45, 7) is 0.257. The summed E-state index contributed by atoms with van der Waals surface area (Å²) in [7, 11) is 0. The van der Waals surface area contributed by atoms with E-state index in [-0.39, 0.29) is 6.61 Å². The van der Waals surface area contributed by atoms with Crippen molar-refractivity contribution in [2.45, 2.75) is 6.54 Å². The maximum absolute atomic E-state index is 8.61. The number of hydrogen-bond acceptors (Lipinski definition) is 4. The van der Waals surface area contributed by atoms with E-state index in [9.17, 15) is 0 Å². The summed E-state index contributed by atoms with van der Waals surface area (Å²) in [6, 6.07) is 8.48. The van der Waals surface area contributed by atoms with Crippen LogP contribution < -0.4 is 11.5 Å². The van der Waals surface area contributed by atoms with Crippen molar-refractivity contribution in [3.8, 4) is 23.5 Å². The molecule has 0 amide bonds. The molecule has 2 aliphatic rings. The van der Waals surface area contributed by atoms with Crippen LogP contribution >= 0.6 is 0 Å². The Bertz CT molecular complexity index is 593. The first kappa shape index (κ1) is 12.0. The SMILES string of the molecule is C#Cc1nn(CCO)c(N)c1N.c1cc2cc-2c1. The lowest BCUT2D eigenvalue weighted by molar-refractivity contribution is 0.270. The fourth-order valence-corrected chi connectivity index (χ4v) is 1.54. The van der Waals surface area contributed by atoms with Crippen molar-refractivity contribution in [3.05, 3.63) is 30.0 Å². The molecule has 92 valence electrons. The number of nitrogens with zero attached hydrogens (tertiary/aromatic N) is 2. The molecule has 3 rings (SSSR count). The molecule has 0 saturated carbocycles. The molecule has 0 atom stereocenters. The molecule has 0 fully saturated rings. The van der Waals surface area contributed by atoms with E-state index >= 15 is 0 Å². The van der Waals surface area contributed by atoms with Gasteiger partial charge in [-0.05, 0) is 23.1 Å². The van der Waals surface area contributed by atoms with Gasteiger partial charge in [-0.1, -0.05) is 18.2 Å². The first-order chi connectivity index (χ1) is 8.67. The van der Waals surface area contributed by atoms with Gasteiger partial charge in [0.25, 0.3) is 0 Å². The molecule has 2 aliphatic carbocycles. The number of aliphatic hydroxyl groups is 1. The number of benzene rings is 1. The Labute approximate surface area is 105 Å². The van der Waals surface area contributed by atoms with Gasteiger partial charge in [-0.2, -0.15) is 5.10 Å². The summed E-state index contributed by atoms with van der Waals surface area (Å²) >= 11 is 0. The highest BCUT2D eigenvalue weighted by molar-refractivity contribution is 5.80. The third-order valence-electron chi connectivity index (χ3n) is 2.59. The van der Waals surface area contributed by atoms with Crippen LogP contribution in [0.5, 0.6) is 0 Å². The molecule has 0 unspecified atom stereocenters. The number of rotatable bonds is 2. The fraction of sp³-hybridized carbons (Fsp3) is 0.154. The van der Waals surface area contributed by atoms with Crippen LogP contribution in [-0.4, -0.2) is 21.5 Å².